The molecule has 2 aliphatic carbocycles. The van der Waals surface area contributed by atoms with Crippen LogP contribution in [0.3, 0.4) is 0 Å². The van der Waals surface area contributed by atoms with Crippen LogP contribution in [0, 0.1) is 17.6 Å². The molecule has 0 bridgehead atoms. The maximum absolute atomic E-state index is 15.2. The number of hydrogen-bond acceptors (Lipinski definition) is 0. The lowest BCUT2D eigenvalue weighted by Gasteiger charge is -2.30. The van der Waals surface area contributed by atoms with Gasteiger partial charge < -0.3 is 0 Å². The van der Waals surface area contributed by atoms with Crippen molar-refractivity contribution in [2.75, 3.05) is 0 Å². The van der Waals surface area contributed by atoms with Crippen molar-refractivity contribution in [1.29, 1.82) is 0 Å². The maximum Gasteiger partial charge on any atom is 0.129 e. The molecule has 1 unspecified atom stereocenters. The molecule has 2 aliphatic rings. The zero-order valence-corrected chi connectivity index (χ0v) is 19.6. The third-order valence-corrected chi connectivity index (χ3v) is 7.93. The van der Waals surface area contributed by atoms with Crippen molar-refractivity contribution in [1.82, 2.24) is 0 Å². The normalized spacial score (nSPS) is 23.0. The van der Waals surface area contributed by atoms with Gasteiger partial charge in [0.1, 0.15) is 11.6 Å². The van der Waals surface area contributed by atoms with Gasteiger partial charge in [0.05, 0.1) is 0 Å². The SMILES string of the molecule is C=CCCc1ccc2c(c1)CCC(c1c(F)cc(C3CCC(CCCC)CC3)cc1F)C2. The first-order valence-electron chi connectivity index (χ1n) is 12.8. The van der Waals surface area contributed by atoms with Crippen LogP contribution in [0.2, 0.25) is 0 Å². The van der Waals surface area contributed by atoms with Crippen LogP contribution in [0.25, 0.3) is 0 Å². The van der Waals surface area contributed by atoms with E-state index in [1.54, 1.807) is 12.1 Å². The summed E-state index contributed by atoms with van der Waals surface area (Å²) in [6.45, 7) is 6.04. The van der Waals surface area contributed by atoms with Gasteiger partial charge in [-0.25, -0.2) is 8.78 Å². The lowest BCUT2D eigenvalue weighted by molar-refractivity contribution is 0.303. The summed E-state index contributed by atoms with van der Waals surface area (Å²) in [5.74, 6) is 0.389. The minimum atomic E-state index is -0.329. The molecule has 0 spiro atoms. The molecule has 2 aromatic rings. The molecule has 2 heteroatoms. The number of halogens is 2. The van der Waals surface area contributed by atoms with Crippen LogP contribution in [0.1, 0.15) is 104 Å². The highest BCUT2D eigenvalue weighted by atomic mass is 19.1. The van der Waals surface area contributed by atoms with Crippen molar-refractivity contribution >= 4 is 0 Å². The van der Waals surface area contributed by atoms with Gasteiger partial charge in [-0.15, -0.1) is 6.58 Å². The molecule has 2 aromatic carbocycles. The molecule has 0 nitrogen and oxygen atoms in total. The second-order valence-electron chi connectivity index (χ2n) is 10.1. The van der Waals surface area contributed by atoms with E-state index in [0.29, 0.717) is 11.5 Å². The van der Waals surface area contributed by atoms with Gasteiger partial charge in [-0.2, -0.15) is 0 Å². The third kappa shape index (κ3) is 5.33. The Morgan fingerprint density at radius 1 is 0.938 bits per heavy atom. The molecule has 32 heavy (non-hydrogen) atoms. The van der Waals surface area contributed by atoms with Gasteiger partial charge in [-0.05, 0) is 110 Å². The lowest BCUT2D eigenvalue weighted by atomic mass is 9.75. The zero-order chi connectivity index (χ0) is 22.5. The second kappa shape index (κ2) is 10.8. The van der Waals surface area contributed by atoms with E-state index in [2.05, 4.69) is 31.7 Å². The third-order valence-electron chi connectivity index (χ3n) is 7.93. The van der Waals surface area contributed by atoms with Gasteiger partial charge in [0.25, 0.3) is 0 Å². The first kappa shape index (κ1) is 23.2. The molecule has 0 N–H and O–H groups in total. The Hall–Kier alpha value is -1.96. The summed E-state index contributed by atoms with van der Waals surface area (Å²) in [5.41, 5.74) is 5.11. The van der Waals surface area contributed by atoms with E-state index in [4.69, 9.17) is 0 Å². The van der Waals surface area contributed by atoms with Gasteiger partial charge in [-0.1, -0.05) is 50.5 Å². The molecule has 0 aromatic heterocycles. The number of benzene rings is 2. The smallest absolute Gasteiger partial charge is 0.129 e. The van der Waals surface area contributed by atoms with Crippen LogP contribution in [0.15, 0.2) is 43.0 Å². The lowest BCUT2D eigenvalue weighted by Crippen LogP contribution is -2.17. The fourth-order valence-electron chi connectivity index (χ4n) is 5.99. The second-order valence-corrected chi connectivity index (χ2v) is 10.1. The summed E-state index contributed by atoms with van der Waals surface area (Å²) in [4.78, 5) is 0. The molecule has 172 valence electrons. The van der Waals surface area contributed by atoms with Crippen LogP contribution in [0.4, 0.5) is 8.78 Å². The van der Waals surface area contributed by atoms with Gasteiger partial charge in [0.2, 0.25) is 0 Å². The van der Waals surface area contributed by atoms with Crippen molar-refractivity contribution in [3.05, 3.63) is 82.4 Å². The van der Waals surface area contributed by atoms with E-state index in [1.807, 2.05) is 6.08 Å². The number of fused-ring (bicyclic) bond motifs is 1. The average molecular weight is 437 g/mol. The van der Waals surface area contributed by atoms with E-state index >= 15 is 8.78 Å². The molecule has 0 radical (unpaired) electrons. The molecule has 1 fully saturated rings. The number of aryl methyl sites for hydroxylation is 2. The molecule has 0 amide bonds. The highest BCUT2D eigenvalue weighted by Crippen LogP contribution is 2.41. The minimum absolute atomic E-state index is 0.0691. The predicted molar refractivity (Wildman–Crippen MR) is 130 cm³/mol. The highest BCUT2D eigenvalue weighted by Gasteiger charge is 2.28. The van der Waals surface area contributed by atoms with Gasteiger partial charge in [-0.3, -0.25) is 0 Å². The van der Waals surface area contributed by atoms with E-state index in [1.165, 1.54) is 48.8 Å². The quantitative estimate of drug-likeness (QED) is 0.363. The standard InChI is InChI=1S/C30H38F2/c1-3-5-7-21-9-12-23(13-10-21)27-19-28(31)30(29(32)20-27)26-16-15-24-17-22(8-6-4-2)11-14-25(24)18-26/h4,11,14,17,19-21,23,26H,2-3,5-10,12-13,15-16,18H2,1H3. The fourth-order valence-corrected chi connectivity index (χ4v) is 5.99. The van der Waals surface area contributed by atoms with E-state index in [9.17, 15) is 0 Å². The number of rotatable bonds is 8. The number of unbranched alkanes of at least 4 members (excludes halogenated alkanes) is 1. The van der Waals surface area contributed by atoms with E-state index in [-0.39, 0.29) is 17.6 Å². The minimum Gasteiger partial charge on any atom is -0.207 e. The Morgan fingerprint density at radius 3 is 2.38 bits per heavy atom. The van der Waals surface area contributed by atoms with Crippen molar-refractivity contribution in [3.8, 4) is 0 Å². The van der Waals surface area contributed by atoms with Crippen LogP contribution in [-0.2, 0) is 19.3 Å². The first-order chi connectivity index (χ1) is 15.6. The van der Waals surface area contributed by atoms with Crippen molar-refractivity contribution in [2.24, 2.45) is 5.92 Å². The Labute approximate surface area is 193 Å². The molecule has 4 rings (SSSR count). The number of allylic oxidation sites excluding steroid dienone is 1. The zero-order valence-electron chi connectivity index (χ0n) is 19.6. The summed E-state index contributed by atoms with van der Waals surface area (Å²) in [6, 6.07) is 9.92. The molecule has 0 heterocycles. The van der Waals surface area contributed by atoms with Crippen LogP contribution in [0.5, 0.6) is 0 Å². The van der Waals surface area contributed by atoms with Gasteiger partial charge in [0.15, 0.2) is 0 Å². The highest BCUT2D eigenvalue weighted by molar-refractivity contribution is 5.39. The molecule has 1 saturated carbocycles. The monoisotopic (exact) mass is 436 g/mol. The summed E-state index contributed by atoms with van der Waals surface area (Å²) >= 11 is 0. The number of hydrogen-bond donors (Lipinski definition) is 0. The molecule has 0 aliphatic heterocycles. The topological polar surface area (TPSA) is 0 Å². The molecular formula is C30H38F2. The first-order valence-corrected chi connectivity index (χ1v) is 12.8. The summed E-state index contributed by atoms with van der Waals surface area (Å²) in [7, 11) is 0. The van der Waals surface area contributed by atoms with Gasteiger partial charge in [0, 0.05) is 5.56 Å². The van der Waals surface area contributed by atoms with E-state index < -0.39 is 0 Å². The van der Waals surface area contributed by atoms with Crippen molar-refractivity contribution in [2.45, 2.75) is 95.8 Å². The van der Waals surface area contributed by atoms with Crippen molar-refractivity contribution in [3.63, 3.8) is 0 Å². The summed E-state index contributed by atoms with van der Waals surface area (Å²) in [6.07, 6.45) is 14.8. The van der Waals surface area contributed by atoms with Crippen LogP contribution < -0.4 is 0 Å². The molecule has 0 saturated heterocycles. The predicted octanol–water partition coefficient (Wildman–Crippen LogP) is 8.82. The van der Waals surface area contributed by atoms with Crippen LogP contribution in [-0.4, -0.2) is 0 Å². The average Bonchev–Trinajstić information content (AvgIpc) is 2.81. The fraction of sp³-hybridized carbons (Fsp3) is 0.533. The van der Waals surface area contributed by atoms with Crippen molar-refractivity contribution < 1.29 is 8.78 Å². The maximum atomic E-state index is 15.2. The molecular weight excluding hydrogens is 398 g/mol. The summed E-state index contributed by atoms with van der Waals surface area (Å²) in [5, 5.41) is 0. The molecule has 1 atom stereocenters. The van der Waals surface area contributed by atoms with E-state index in [0.717, 1.165) is 56.4 Å². The van der Waals surface area contributed by atoms with Gasteiger partial charge >= 0.3 is 0 Å². The summed E-state index contributed by atoms with van der Waals surface area (Å²) < 4.78 is 30.4. The Morgan fingerprint density at radius 2 is 1.69 bits per heavy atom. The largest absolute Gasteiger partial charge is 0.207 e. The Kier molecular flexibility index (Phi) is 7.81. The van der Waals surface area contributed by atoms with Crippen LogP contribution >= 0.6 is 0 Å². The Balaban J connectivity index is 1.44. The Bertz CT molecular complexity index is 897.